The van der Waals surface area contributed by atoms with E-state index in [1.165, 1.54) is 5.56 Å². The summed E-state index contributed by atoms with van der Waals surface area (Å²) in [5.41, 5.74) is 8.77. The molecule has 0 fully saturated rings. The number of para-hydroxylation sites is 1. The van der Waals surface area contributed by atoms with E-state index in [9.17, 15) is 4.79 Å². The number of hydrogen-bond acceptors (Lipinski definition) is 4. The lowest BCUT2D eigenvalue weighted by Crippen LogP contribution is -2.12. The average Bonchev–Trinajstić information content (AvgIpc) is 3.01. The van der Waals surface area contributed by atoms with Crippen molar-refractivity contribution in [3.05, 3.63) is 59.3 Å². The summed E-state index contributed by atoms with van der Waals surface area (Å²) in [6, 6.07) is 13.2. The molecule has 0 bridgehead atoms. The third kappa shape index (κ3) is 2.91. The third-order valence-electron chi connectivity index (χ3n) is 3.63. The van der Waals surface area contributed by atoms with Gasteiger partial charge in [0.2, 0.25) is 0 Å². The van der Waals surface area contributed by atoms with E-state index < -0.39 is 5.91 Å². The summed E-state index contributed by atoms with van der Waals surface area (Å²) in [7, 11) is 0. The molecule has 0 aliphatic rings. The third-order valence-corrected chi connectivity index (χ3v) is 3.63. The molecule has 23 heavy (non-hydrogen) atoms. The second-order valence-corrected chi connectivity index (χ2v) is 5.23. The highest BCUT2D eigenvalue weighted by atomic mass is 16.5. The normalized spacial score (nSPS) is 10.5. The van der Waals surface area contributed by atoms with Gasteiger partial charge in [-0.2, -0.15) is 15.4 Å². The number of amides is 1. The number of nitrogens with two attached hydrogens (primary N) is 1. The summed E-state index contributed by atoms with van der Waals surface area (Å²) in [5.74, 6) is 0.645. The van der Waals surface area contributed by atoms with Crippen LogP contribution in [0.4, 0.5) is 0 Å². The van der Waals surface area contributed by atoms with Crippen molar-refractivity contribution in [1.29, 1.82) is 0 Å². The van der Waals surface area contributed by atoms with Crippen LogP contribution in [-0.2, 0) is 0 Å². The monoisotopic (exact) mass is 308 g/mol. The van der Waals surface area contributed by atoms with Gasteiger partial charge in [-0.25, -0.2) is 0 Å². The number of benzene rings is 2. The number of rotatable bonds is 4. The number of aromatic amines is 1. The van der Waals surface area contributed by atoms with Crippen molar-refractivity contribution >= 4 is 5.91 Å². The van der Waals surface area contributed by atoms with Crippen LogP contribution in [0.2, 0.25) is 0 Å². The van der Waals surface area contributed by atoms with Gasteiger partial charge in [0.1, 0.15) is 17.2 Å². The van der Waals surface area contributed by atoms with Crippen molar-refractivity contribution in [2.45, 2.75) is 13.8 Å². The Bertz CT molecular complexity index is 871. The summed E-state index contributed by atoms with van der Waals surface area (Å²) < 4.78 is 5.97. The number of H-pyrrole nitrogens is 1. The van der Waals surface area contributed by atoms with Crippen LogP contribution < -0.4 is 10.5 Å². The van der Waals surface area contributed by atoms with Crippen molar-refractivity contribution in [3.8, 4) is 22.8 Å². The highest BCUT2D eigenvalue weighted by Gasteiger charge is 2.18. The number of aromatic nitrogens is 3. The Morgan fingerprint density at radius 1 is 1.09 bits per heavy atom. The van der Waals surface area contributed by atoms with Crippen LogP contribution in [0.3, 0.4) is 0 Å². The van der Waals surface area contributed by atoms with Crippen LogP contribution in [0, 0.1) is 13.8 Å². The summed E-state index contributed by atoms with van der Waals surface area (Å²) in [6.07, 6.45) is 0. The quantitative estimate of drug-likeness (QED) is 0.774. The van der Waals surface area contributed by atoms with Crippen molar-refractivity contribution in [2.75, 3.05) is 0 Å². The second-order valence-electron chi connectivity index (χ2n) is 5.23. The molecule has 1 heterocycles. The predicted molar refractivity (Wildman–Crippen MR) is 86.3 cm³/mol. The molecule has 0 unspecified atom stereocenters. The molecule has 0 saturated heterocycles. The molecule has 3 aromatic rings. The van der Waals surface area contributed by atoms with Gasteiger partial charge < -0.3 is 10.5 Å². The lowest BCUT2D eigenvalue weighted by molar-refractivity contribution is 0.0996. The fourth-order valence-corrected chi connectivity index (χ4v) is 2.25. The molecule has 0 aliphatic heterocycles. The Kier molecular flexibility index (Phi) is 3.80. The zero-order chi connectivity index (χ0) is 16.4. The van der Waals surface area contributed by atoms with Gasteiger partial charge in [-0.05, 0) is 49.2 Å². The first-order valence-corrected chi connectivity index (χ1v) is 7.11. The Balaban J connectivity index is 2.02. The molecule has 2 aromatic carbocycles. The van der Waals surface area contributed by atoms with Crippen molar-refractivity contribution < 1.29 is 9.53 Å². The number of nitrogens with one attached hydrogen (secondary N) is 1. The summed E-state index contributed by atoms with van der Waals surface area (Å²) in [4.78, 5) is 11.5. The van der Waals surface area contributed by atoms with E-state index in [-0.39, 0.29) is 5.69 Å². The second kappa shape index (κ2) is 5.92. The van der Waals surface area contributed by atoms with Crippen LogP contribution in [-0.4, -0.2) is 21.3 Å². The number of ether oxygens (including phenoxy) is 1. The fourth-order valence-electron chi connectivity index (χ4n) is 2.25. The number of carbonyl (C=O) groups is 1. The predicted octanol–water partition coefficient (Wildman–Crippen LogP) is 2.98. The van der Waals surface area contributed by atoms with Crippen molar-refractivity contribution in [2.24, 2.45) is 5.73 Å². The molecule has 0 atom stereocenters. The molecule has 116 valence electrons. The zero-order valence-electron chi connectivity index (χ0n) is 12.8. The molecule has 6 heteroatoms. The molecule has 0 radical (unpaired) electrons. The number of nitrogens with zero attached hydrogens (tertiary/aromatic N) is 2. The summed E-state index contributed by atoms with van der Waals surface area (Å²) >= 11 is 0. The van der Waals surface area contributed by atoms with Crippen molar-refractivity contribution in [1.82, 2.24) is 15.4 Å². The molecular formula is C17H16N4O2. The van der Waals surface area contributed by atoms with Crippen LogP contribution in [0.25, 0.3) is 11.3 Å². The first-order chi connectivity index (χ1) is 11.1. The van der Waals surface area contributed by atoms with Gasteiger partial charge in [0, 0.05) is 5.56 Å². The summed E-state index contributed by atoms with van der Waals surface area (Å²) in [5, 5.41) is 10.3. The van der Waals surface area contributed by atoms with E-state index in [1.54, 1.807) is 6.07 Å². The lowest BCUT2D eigenvalue weighted by atomic mass is 10.1. The van der Waals surface area contributed by atoms with Crippen LogP contribution in [0.1, 0.15) is 21.6 Å². The number of aryl methyl sites for hydroxylation is 2. The van der Waals surface area contributed by atoms with E-state index in [4.69, 9.17) is 10.5 Å². The maximum Gasteiger partial charge on any atom is 0.271 e. The van der Waals surface area contributed by atoms with Gasteiger partial charge in [-0.1, -0.05) is 18.2 Å². The largest absolute Gasteiger partial charge is 0.457 e. The van der Waals surface area contributed by atoms with Gasteiger partial charge >= 0.3 is 0 Å². The molecule has 1 amide bonds. The molecular weight excluding hydrogens is 292 g/mol. The lowest BCUT2D eigenvalue weighted by Gasteiger charge is -2.11. The Morgan fingerprint density at radius 3 is 2.61 bits per heavy atom. The van der Waals surface area contributed by atoms with Gasteiger partial charge in [0.25, 0.3) is 5.91 Å². The Morgan fingerprint density at radius 2 is 1.87 bits per heavy atom. The van der Waals surface area contributed by atoms with E-state index >= 15 is 0 Å². The molecule has 1 aromatic heterocycles. The standard InChI is InChI=1S/C17H16N4O2/c1-10-7-8-12(9-11(10)2)23-14-6-4-3-5-13(14)15-16(17(18)22)20-21-19-15/h3-9H,1-2H3,(H2,18,22)(H,19,20,21). The van der Waals surface area contributed by atoms with Gasteiger partial charge in [0.05, 0.1) is 0 Å². The van der Waals surface area contributed by atoms with Crippen LogP contribution in [0.15, 0.2) is 42.5 Å². The first-order valence-electron chi connectivity index (χ1n) is 7.11. The molecule has 6 nitrogen and oxygen atoms in total. The van der Waals surface area contributed by atoms with Gasteiger partial charge in [0.15, 0.2) is 5.69 Å². The maximum atomic E-state index is 11.5. The molecule has 0 aliphatic carbocycles. The summed E-state index contributed by atoms with van der Waals surface area (Å²) in [6.45, 7) is 4.07. The van der Waals surface area contributed by atoms with E-state index in [1.807, 2.05) is 50.2 Å². The first kappa shape index (κ1) is 14.8. The van der Waals surface area contributed by atoms with Crippen molar-refractivity contribution in [3.63, 3.8) is 0 Å². The average molecular weight is 308 g/mol. The van der Waals surface area contributed by atoms with E-state index in [2.05, 4.69) is 15.4 Å². The number of hydrogen-bond donors (Lipinski definition) is 2. The minimum absolute atomic E-state index is 0.0844. The van der Waals surface area contributed by atoms with Gasteiger partial charge in [-0.15, -0.1) is 0 Å². The number of primary amides is 1. The SMILES string of the molecule is Cc1ccc(Oc2ccccc2-c2n[nH]nc2C(N)=O)cc1C. The number of carbonyl (C=O) groups excluding carboxylic acids is 1. The fraction of sp³-hybridized carbons (Fsp3) is 0.118. The van der Waals surface area contributed by atoms with E-state index in [0.717, 1.165) is 5.56 Å². The highest BCUT2D eigenvalue weighted by Crippen LogP contribution is 2.33. The molecule has 0 saturated carbocycles. The van der Waals surface area contributed by atoms with Crippen LogP contribution >= 0.6 is 0 Å². The zero-order valence-corrected chi connectivity index (χ0v) is 12.8. The minimum atomic E-state index is -0.644. The molecule has 0 spiro atoms. The Labute approximate surface area is 133 Å². The van der Waals surface area contributed by atoms with E-state index in [0.29, 0.717) is 22.8 Å². The minimum Gasteiger partial charge on any atom is -0.457 e. The maximum absolute atomic E-state index is 11.5. The highest BCUT2D eigenvalue weighted by molar-refractivity contribution is 5.97. The molecule has 3 N–H and O–H groups in total. The molecule has 3 rings (SSSR count). The smallest absolute Gasteiger partial charge is 0.271 e. The topological polar surface area (TPSA) is 93.9 Å². The van der Waals surface area contributed by atoms with Crippen LogP contribution in [0.5, 0.6) is 11.5 Å². The van der Waals surface area contributed by atoms with Gasteiger partial charge in [-0.3, -0.25) is 4.79 Å². The Hall–Kier alpha value is -3.15.